The summed E-state index contributed by atoms with van der Waals surface area (Å²) in [5, 5.41) is 0. The van der Waals surface area contributed by atoms with Crippen molar-refractivity contribution in [2.24, 2.45) is 11.3 Å². The van der Waals surface area contributed by atoms with Gasteiger partial charge in [0.15, 0.2) is 11.5 Å². The Morgan fingerprint density at radius 3 is 2.25 bits per heavy atom. The standard InChI is InChI=1S/C23H36N2O3/c1-26-20-13-22(28-3)21(27-2)12-19(20)15-25-11-9-23(17-25)8-5-10-24(16-23)14-18-6-4-7-18/h12-13,18H,4-11,14-17H2,1-3H3/t23-/m1/s1. The monoisotopic (exact) mass is 388 g/mol. The van der Waals surface area contributed by atoms with Crippen LogP contribution in [0.1, 0.15) is 44.1 Å². The van der Waals surface area contributed by atoms with Crippen LogP contribution in [-0.2, 0) is 6.54 Å². The molecule has 28 heavy (non-hydrogen) atoms. The molecule has 156 valence electrons. The maximum atomic E-state index is 5.64. The first-order chi connectivity index (χ1) is 13.6. The van der Waals surface area contributed by atoms with E-state index in [9.17, 15) is 0 Å². The predicted molar refractivity (Wildman–Crippen MR) is 111 cm³/mol. The number of ether oxygens (including phenoxy) is 3. The highest BCUT2D eigenvalue weighted by molar-refractivity contribution is 5.50. The molecule has 4 rings (SSSR count). The number of piperidine rings is 1. The summed E-state index contributed by atoms with van der Waals surface area (Å²) in [4.78, 5) is 5.38. The first-order valence-electron chi connectivity index (χ1n) is 10.9. The van der Waals surface area contributed by atoms with Gasteiger partial charge in [-0.2, -0.15) is 0 Å². The number of benzene rings is 1. The lowest BCUT2D eigenvalue weighted by molar-refractivity contribution is 0.0668. The van der Waals surface area contributed by atoms with Gasteiger partial charge < -0.3 is 19.1 Å². The molecule has 3 aliphatic rings. The van der Waals surface area contributed by atoms with Crippen molar-refractivity contribution in [2.75, 3.05) is 54.1 Å². The molecule has 3 fully saturated rings. The molecule has 0 bridgehead atoms. The highest BCUT2D eigenvalue weighted by atomic mass is 16.5. The van der Waals surface area contributed by atoms with Gasteiger partial charge in [-0.3, -0.25) is 4.90 Å². The molecule has 5 heteroatoms. The van der Waals surface area contributed by atoms with Gasteiger partial charge in [-0.05, 0) is 62.6 Å². The molecule has 1 aromatic rings. The molecule has 1 atom stereocenters. The topological polar surface area (TPSA) is 34.2 Å². The maximum absolute atomic E-state index is 5.64. The molecule has 0 N–H and O–H groups in total. The summed E-state index contributed by atoms with van der Waals surface area (Å²) in [6.45, 7) is 7.23. The Morgan fingerprint density at radius 1 is 0.857 bits per heavy atom. The van der Waals surface area contributed by atoms with E-state index in [0.29, 0.717) is 5.41 Å². The average molecular weight is 389 g/mol. The second-order valence-corrected chi connectivity index (χ2v) is 9.12. The molecule has 0 amide bonds. The van der Waals surface area contributed by atoms with Crippen molar-refractivity contribution < 1.29 is 14.2 Å². The van der Waals surface area contributed by atoms with Crippen molar-refractivity contribution in [3.63, 3.8) is 0 Å². The van der Waals surface area contributed by atoms with Crippen LogP contribution in [0.2, 0.25) is 0 Å². The summed E-state index contributed by atoms with van der Waals surface area (Å²) >= 11 is 0. The summed E-state index contributed by atoms with van der Waals surface area (Å²) in [6.07, 6.45) is 8.42. The van der Waals surface area contributed by atoms with Gasteiger partial charge in [0.25, 0.3) is 0 Å². The third-order valence-electron chi connectivity index (χ3n) is 7.18. The van der Waals surface area contributed by atoms with Gasteiger partial charge >= 0.3 is 0 Å². The van der Waals surface area contributed by atoms with E-state index in [1.54, 1.807) is 21.3 Å². The van der Waals surface area contributed by atoms with Crippen LogP contribution in [0.25, 0.3) is 0 Å². The lowest BCUT2D eigenvalue weighted by Gasteiger charge is -2.43. The minimum atomic E-state index is 0.492. The molecule has 2 heterocycles. The van der Waals surface area contributed by atoms with E-state index in [1.807, 2.05) is 6.07 Å². The van der Waals surface area contributed by atoms with Crippen LogP contribution < -0.4 is 14.2 Å². The van der Waals surface area contributed by atoms with Gasteiger partial charge in [-0.25, -0.2) is 0 Å². The second kappa shape index (κ2) is 8.50. The first kappa shape index (κ1) is 19.8. The molecule has 1 aromatic carbocycles. The first-order valence-corrected chi connectivity index (χ1v) is 10.9. The Morgan fingerprint density at radius 2 is 1.57 bits per heavy atom. The van der Waals surface area contributed by atoms with Gasteiger partial charge in [0, 0.05) is 37.8 Å². The van der Waals surface area contributed by atoms with Crippen LogP contribution in [-0.4, -0.2) is 63.9 Å². The van der Waals surface area contributed by atoms with Crippen molar-refractivity contribution in [1.82, 2.24) is 9.80 Å². The number of likely N-dealkylation sites (tertiary alicyclic amines) is 2. The zero-order chi connectivity index (χ0) is 19.6. The Kier molecular flexibility index (Phi) is 6.02. The molecule has 5 nitrogen and oxygen atoms in total. The van der Waals surface area contributed by atoms with Gasteiger partial charge in [0.2, 0.25) is 0 Å². The Labute approximate surface area is 169 Å². The van der Waals surface area contributed by atoms with Gasteiger partial charge in [-0.15, -0.1) is 0 Å². The highest BCUT2D eigenvalue weighted by Gasteiger charge is 2.41. The Balaban J connectivity index is 1.41. The third-order valence-corrected chi connectivity index (χ3v) is 7.18. The largest absolute Gasteiger partial charge is 0.496 e. The SMILES string of the molecule is COc1cc(OC)c(OC)cc1CN1CC[C@@]2(CCCN(CC3CCC3)C2)C1. The van der Waals surface area contributed by atoms with E-state index in [1.165, 1.54) is 76.8 Å². The van der Waals surface area contributed by atoms with E-state index in [2.05, 4.69) is 15.9 Å². The molecular formula is C23H36N2O3. The molecular weight excluding hydrogens is 352 g/mol. The summed E-state index contributed by atoms with van der Waals surface area (Å²) in [5.41, 5.74) is 1.67. The molecule has 1 saturated carbocycles. The lowest BCUT2D eigenvalue weighted by atomic mass is 9.78. The smallest absolute Gasteiger partial charge is 0.164 e. The van der Waals surface area contributed by atoms with E-state index >= 15 is 0 Å². The quantitative estimate of drug-likeness (QED) is 0.710. The zero-order valence-corrected chi connectivity index (χ0v) is 17.8. The molecule has 0 radical (unpaired) electrons. The normalized spacial score (nSPS) is 26.4. The minimum absolute atomic E-state index is 0.492. The van der Waals surface area contributed by atoms with Crippen LogP contribution in [0.4, 0.5) is 0 Å². The molecule has 0 aromatic heterocycles. The van der Waals surface area contributed by atoms with E-state index in [0.717, 1.165) is 29.7 Å². The number of rotatable bonds is 7. The number of methoxy groups -OCH3 is 3. The number of hydrogen-bond donors (Lipinski definition) is 0. The highest BCUT2D eigenvalue weighted by Crippen LogP contribution is 2.42. The number of nitrogens with zero attached hydrogens (tertiary/aromatic N) is 2. The molecule has 2 saturated heterocycles. The van der Waals surface area contributed by atoms with Gasteiger partial charge in [0.1, 0.15) is 5.75 Å². The minimum Gasteiger partial charge on any atom is -0.496 e. The fraction of sp³-hybridized carbons (Fsp3) is 0.739. The Hall–Kier alpha value is -1.46. The van der Waals surface area contributed by atoms with E-state index < -0.39 is 0 Å². The van der Waals surface area contributed by atoms with Crippen molar-refractivity contribution in [3.8, 4) is 17.2 Å². The molecule has 0 unspecified atom stereocenters. The van der Waals surface area contributed by atoms with Gasteiger partial charge in [-0.1, -0.05) is 6.42 Å². The average Bonchev–Trinajstić information content (AvgIpc) is 3.06. The maximum Gasteiger partial charge on any atom is 0.164 e. The van der Waals surface area contributed by atoms with Crippen molar-refractivity contribution in [2.45, 2.75) is 45.1 Å². The Bertz CT molecular complexity index is 676. The van der Waals surface area contributed by atoms with Crippen LogP contribution in [0.3, 0.4) is 0 Å². The number of hydrogen-bond acceptors (Lipinski definition) is 5. The third kappa shape index (κ3) is 4.11. The predicted octanol–water partition coefficient (Wildman–Crippen LogP) is 3.80. The molecule has 1 aliphatic carbocycles. The van der Waals surface area contributed by atoms with E-state index in [-0.39, 0.29) is 0 Å². The molecule has 1 spiro atoms. The zero-order valence-electron chi connectivity index (χ0n) is 17.8. The summed E-state index contributed by atoms with van der Waals surface area (Å²) in [5.74, 6) is 3.36. The summed E-state index contributed by atoms with van der Waals surface area (Å²) in [7, 11) is 5.09. The van der Waals surface area contributed by atoms with Crippen molar-refractivity contribution >= 4 is 0 Å². The van der Waals surface area contributed by atoms with Gasteiger partial charge in [0.05, 0.1) is 21.3 Å². The summed E-state index contributed by atoms with van der Waals surface area (Å²) < 4.78 is 16.6. The van der Waals surface area contributed by atoms with Crippen LogP contribution in [0.5, 0.6) is 17.2 Å². The van der Waals surface area contributed by atoms with Crippen LogP contribution in [0, 0.1) is 11.3 Å². The van der Waals surface area contributed by atoms with Crippen LogP contribution in [0.15, 0.2) is 12.1 Å². The fourth-order valence-electron chi connectivity index (χ4n) is 5.46. The summed E-state index contributed by atoms with van der Waals surface area (Å²) in [6, 6.07) is 4.02. The van der Waals surface area contributed by atoms with E-state index in [4.69, 9.17) is 14.2 Å². The van der Waals surface area contributed by atoms with Crippen molar-refractivity contribution in [3.05, 3.63) is 17.7 Å². The van der Waals surface area contributed by atoms with Crippen molar-refractivity contribution in [1.29, 1.82) is 0 Å². The fourth-order valence-corrected chi connectivity index (χ4v) is 5.46. The van der Waals surface area contributed by atoms with Crippen LogP contribution >= 0.6 is 0 Å². The lowest BCUT2D eigenvalue weighted by Crippen LogP contribution is -2.47. The molecule has 2 aliphatic heterocycles. The second-order valence-electron chi connectivity index (χ2n) is 9.12.